The normalized spacial score (nSPS) is 17.2. The van der Waals surface area contributed by atoms with Crippen molar-refractivity contribution in [2.45, 2.75) is 57.5 Å². The lowest BCUT2D eigenvalue weighted by molar-refractivity contribution is 0.461. The molecule has 0 saturated heterocycles. The van der Waals surface area contributed by atoms with Crippen LogP contribution in [0.4, 0.5) is 0 Å². The molecule has 1 aliphatic rings. The molecular weight excluding hydrogens is 260 g/mol. The Balaban J connectivity index is 1.71. The number of hydrogen-bond donors (Lipinski definition) is 1. The summed E-state index contributed by atoms with van der Waals surface area (Å²) in [6, 6.07) is 6.71. The van der Waals surface area contributed by atoms with Crippen LogP contribution in [0.3, 0.4) is 0 Å². The molecule has 0 amide bonds. The minimum absolute atomic E-state index is 0.0759. The fourth-order valence-corrected chi connectivity index (χ4v) is 3.26. The molecule has 2 aromatic rings. The average molecular weight is 284 g/mol. The predicted octanol–water partition coefficient (Wildman–Crippen LogP) is 3.20. The first-order chi connectivity index (χ1) is 10.3. The monoisotopic (exact) mass is 284 g/mol. The summed E-state index contributed by atoms with van der Waals surface area (Å²) in [4.78, 5) is 4.47. The Labute approximate surface area is 126 Å². The summed E-state index contributed by atoms with van der Waals surface area (Å²) in [6.07, 6.45) is 10.8. The van der Waals surface area contributed by atoms with Crippen molar-refractivity contribution in [2.75, 3.05) is 0 Å². The SMILES string of the molecule is CCc1cccnc1C(N)Cc1ccn(C2CCCC2)n1. The first-order valence-electron chi connectivity index (χ1n) is 8.01. The Kier molecular flexibility index (Phi) is 4.34. The molecule has 2 aromatic heterocycles. The molecule has 1 atom stereocenters. The Bertz CT molecular complexity index is 584. The van der Waals surface area contributed by atoms with Crippen molar-refractivity contribution in [3.63, 3.8) is 0 Å². The van der Waals surface area contributed by atoms with E-state index in [9.17, 15) is 0 Å². The third-order valence-electron chi connectivity index (χ3n) is 4.45. The van der Waals surface area contributed by atoms with Crippen LogP contribution >= 0.6 is 0 Å². The second kappa shape index (κ2) is 6.39. The van der Waals surface area contributed by atoms with Crippen molar-refractivity contribution in [3.8, 4) is 0 Å². The zero-order chi connectivity index (χ0) is 14.7. The van der Waals surface area contributed by atoms with Crippen LogP contribution < -0.4 is 5.73 Å². The molecule has 0 aliphatic heterocycles. The van der Waals surface area contributed by atoms with Gasteiger partial charge < -0.3 is 5.73 Å². The van der Waals surface area contributed by atoms with E-state index < -0.39 is 0 Å². The second-order valence-corrected chi connectivity index (χ2v) is 5.94. The van der Waals surface area contributed by atoms with Crippen molar-refractivity contribution < 1.29 is 0 Å². The van der Waals surface area contributed by atoms with Crippen LogP contribution in [0.1, 0.15) is 61.6 Å². The van der Waals surface area contributed by atoms with Crippen LogP contribution in [0.15, 0.2) is 30.6 Å². The van der Waals surface area contributed by atoms with E-state index in [-0.39, 0.29) is 6.04 Å². The molecule has 1 saturated carbocycles. The van der Waals surface area contributed by atoms with E-state index in [0.29, 0.717) is 6.04 Å². The zero-order valence-electron chi connectivity index (χ0n) is 12.7. The quantitative estimate of drug-likeness (QED) is 0.917. The minimum atomic E-state index is -0.0759. The highest BCUT2D eigenvalue weighted by molar-refractivity contribution is 5.23. The third-order valence-corrected chi connectivity index (χ3v) is 4.45. The van der Waals surface area contributed by atoms with E-state index in [2.05, 4.69) is 34.9 Å². The number of nitrogens with two attached hydrogens (primary N) is 1. The second-order valence-electron chi connectivity index (χ2n) is 5.94. The van der Waals surface area contributed by atoms with Crippen molar-refractivity contribution in [3.05, 3.63) is 47.5 Å². The lowest BCUT2D eigenvalue weighted by Crippen LogP contribution is -2.17. The maximum Gasteiger partial charge on any atom is 0.0644 e. The van der Waals surface area contributed by atoms with Gasteiger partial charge in [-0.3, -0.25) is 9.67 Å². The average Bonchev–Trinajstić information content (AvgIpc) is 3.17. The first-order valence-corrected chi connectivity index (χ1v) is 8.01. The largest absolute Gasteiger partial charge is 0.322 e. The van der Waals surface area contributed by atoms with Gasteiger partial charge in [0.05, 0.1) is 23.5 Å². The van der Waals surface area contributed by atoms with E-state index in [1.54, 1.807) is 0 Å². The Morgan fingerprint density at radius 2 is 2.14 bits per heavy atom. The summed E-state index contributed by atoms with van der Waals surface area (Å²) >= 11 is 0. The summed E-state index contributed by atoms with van der Waals surface area (Å²) in [7, 11) is 0. The topological polar surface area (TPSA) is 56.7 Å². The van der Waals surface area contributed by atoms with Crippen molar-refractivity contribution in [2.24, 2.45) is 5.73 Å². The fraction of sp³-hybridized carbons (Fsp3) is 0.529. The summed E-state index contributed by atoms with van der Waals surface area (Å²) in [6.45, 7) is 2.14. The van der Waals surface area contributed by atoms with Gasteiger partial charge in [0.15, 0.2) is 0 Å². The number of pyridine rings is 1. The molecule has 21 heavy (non-hydrogen) atoms. The first kappa shape index (κ1) is 14.3. The standard InChI is InChI=1S/C17H24N4/c1-2-13-6-5-10-19-17(13)16(18)12-14-9-11-21(20-14)15-7-3-4-8-15/h5-6,9-11,15-16H,2-4,7-8,12,18H2,1H3. The van der Waals surface area contributed by atoms with Crippen LogP contribution in [0, 0.1) is 0 Å². The zero-order valence-corrected chi connectivity index (χ0v) is 12.7. The number of hydrogen-bond acceptors (Lipinski definition) is 3. The number of aryl methyl sites for hydroxylation is 1. The Hall–Kier alpha value is -1.68. The fourth-order valence-electron chi connectivity index (χ4n) is 3.26. The van der Waals surface area contributed by atoms with Crippen LogP contribution in [0.2, 0.25) is 0 Å². The summed E-state index contributed by atoms with van der Waals surface area (Å²) < 4.78 is 2.13. The molecule has 0 bridgehead atoms. The molecule has 3 rings (SSSR count). The van der Waals surface area contributed by atoms with Crippen molar-refractivity contribution in [1.82, 2.24) is 14.8 Å². The molecule has 0 aromatic carbocycles. The maximum absolute atomic E-state index is 6.35. The van der Waals surface area contributed by atoms with Crippen molar-refractivity contribution >= 4 is 0 Å². The minimum Gasteiger partial charge on any atom is -0.322 e. The molecule has 1 fully saturated rings. The van der Waals surface area contributed by atoms with E-state index in [1.165, 1.54) is 31.2 Å². The molecule has 4 nitrogen and oxygen atoms in total. The third kappa shape index (κ3) is 3.16. The smallest absolute Gasteiger partial charge is 0.0644 e. The summed E-state index contributed by atoms with van der Waals surface area (Å²) in [5, 5.41) is 4.72. The Morgan fingerprint density at radius 3 is 2.90 bits per heavy atom. The number of rotatable bonds is 5. The molecule has 4 heteroatoms. The van der Waals surface area contributed by atoms with E-state index in [1.807, 2.05) is 12.3 Å². The van der Waals surface area contributed by atoms with Gasteiger partial charge in [0.25, 0.3) is 0 Å². The van der Waals surface area contributed by atoms with Gasteiger partial charge in [-0.2, -0.15) is 5.10 Å². The molecule has 112 valence electrons. The van der Waals surface area contributed by atoms with Gasteiger partial charge in [0, 0.05) is 18.8 Å². The van der Waals surface area contributed by atoms with Gasteiger partial charge in [-0.1, -0.05) is 25.8 Å². The van der Waals surface area contributed by atoms with E-state index in [4.69, 9.17) is 10.8 Å². The lowest BCUT2D eigenvalue weighted by atomic mass is 10.0. The van der Waals surface area contributed by atoms with Gasteiger partial charge in [-0.05, 0) is 37.0 Å². The predicted molar refractivity (Wildman–Crippen MR) is 84.0 cm³/mol. The highest BCUT2D eigenvalue weighted by Crippen LogP contribution is 2.29. The summed E-state index contributed by atoms with van der Waals surface area (Å²) in [5.74, 6) is 0. The molecular formula is C17H24N4. The molecule has 2 heterocycles. The van der Waals surface area contributed by atoms with Gasteiger partial charge in [0.1, 0.15) is 0 Å². The van der Waals surface area contributed by atoms with Gasteiger partial charge in [-0.15, -0.1) is 0 Å². The maximum atomic E-state index is 6.35. The van der Waals surface area contributed by atoms with Crippen molar-refractivity contribution in [1.29, 1.82) is 0 Å². The number of nitrogens with zero attached hydrogens (tertiary/aromatic N) is 3. The van der Waals surface area contributed by atoms with Gasteiger partial charge in [0.2, 0.25) is 0 Å². The van der Waals surface area contributed by atoms with E-state index >= 15 is 0 Å². The van der Waals surface area contributed by atoms with Crippen LogP contribution in [-0.2, 0) is 12.8 Å². The Morgan fingerprint density at radius 1 is 1.33 bits per heavy atom. The molecule has 1 aliphatic carbocycles. The molecule has 0 radical (unpaired) electrons. The van der Waals surface area contributed by atoms with Gasteiger partial charge in [-0.25, -0.2) is 0 Å². The van der Waals surface area contributed by atoms with Crippen LogP contribution in [-0.4, -0.2) is 14.8 Å². The van der Waals surface area contributed by atoms with E-state index in [0.717, 1.165) is 24.2 Å². The van der Waals surface area contributed by atoms with Gasteiger partial charge >= 0.3 is 0 Å². The number of aromatic nitrogens is 3. The van der Waals surface area contributed by atoms with Crippen LogP contribution in [0.5, 0.6) is 0 Å². The lowest BCUT2D eigenvalue weighted by Gasteiger charge is -2.13. The summed E-state index contributed by atoms with van der Waals surface area (Å²) in [5.41, 5.74) is 9.67. The highest BCUT2D eigenvalue weighted by atomic mass is 15.3. The van der Waals surface area contributed by atoms with Crippen LogP contribution in [0.25, 0.3) is 0 Å². The molecule has 1 unspecified atom stereocenters. The molecule has 2 N–H and O–H groups in total. The molecule has 0 spiro atoms. The highest BCUT2D eigenvalue weighted by Gasteiger charge is 2.19.